The van der Waals surface area contributed by atoms with Crippen LogP contribution in [0.5, 0.6) is 0 Å². The van der Waals surface area contributed by atoms with Crippen molar-refractivity contribution in [2.45, 2.75) is 32.2 Å². The van der Waals surface area contributed by atoms with E-state index >= 15 is 0 Å². The molecule has 108 valence electrons. The molecule has 0 aliphatic heterocycles. The predicted octanol–water partition coefficient (Wildman–Crippen LogP) is 3.15. The Morgan fingerprint density at radius 2 is 1.80 bits per heavy atom. The maximum atomic E-state index is 14.2. The van der Waals surface area contributed by atoms with Crippen LogP contribution in [0.3, 0.4) is 0 Å². The van der Waals surface area contributed by atoms with Gasteiger partial charge in [0.25, 0.3) is 0 Å². The second-order valence-corrected chi connectivity index (χ2v) is 6.16. The average molecular weight is 277 g/mol. The normalized spacial score (nSPS) is 18.5. The third-order valence-electron chi connectivity index (χ3n) is 4.13. The molecule has 20 heavy (non-hydrogen) atoms. The van der Waals surface area contributed by atoms with Crippen LogP contribution in [-0.2, 0) is 6.54 Å². The first-order valence-corrected chi connectivity index (χ1v) is 7.36. The van der Waals surface area contributed by atoms with Crippen molar-refractivity contribution in [2.75, 3.05) is 13.1 Å². The lowest BCUT2D eigenvalue weighted by atomic mass is 10.1. The van der Waals surface area contributed by atoms with E-state index in [4.69, 9.17) is 5.11 Å². The van der Waals surface area contributed by atoms with E-state index in [0.717, 1.165) is 24.9 Å². The van der Waals surface area contributed by atoms with Gasteiger partial charge in [0, 0.05) is 25.2 Å². The van der Waals surface area contributed by atoms with Crippen molar-refractivity contribution in [2.24, 2.45) is 11.8 Å². The van der Waals surface area contributed by atoms with Crippen molar-refractivity contribution in [1.82, 2.24) is 4.90 Å². The quantitative estimate of drug-likeness (QED) is 0.832. The molecule has 3 nitrogen and oxygen atoms in total. The Labute approximate surface area is 118 Å². The van der Waals surface area contributed by atoms with Crippen LogP contribution in [0.4, 0.5) is 4.39 Å². The van der Waals surface area contributed by atoms with E-state index in [0.29, 0.717) is 12.1 Å². The highest BCUT2D eigenvalue weighted by Crippen LogP contribution is 2.34. The van der Waals surface area contributed by atoms with Crippen LogP contribution in [0.1, 0.15) is 41.6 Å². The van der Waals surface area contributed by atoms with Crippen LogP contribution in [0, 0.1) is 17.7 Å². The van der Waals surface area contributed by atoms with E-state index in [1.807, 2.05) is 0 Å². The van der Waals surface area contributed by atoms with Crippen LogP contribution in [0.25, 0.3) is 0 Å². The highest BCUT2D eigenvalue weighted by atomic mass is 19.1. The van der Waals surface area contributed by atoms with E-state index in [1.165, 1.54) is 31.7 Å². The lowest BCUT2D eigenvalue weighted by Crippen LogP contribution is -2.28. The first-order valence-electron chi connectivity index (χ1n) is 7.36. The highest BCUT2D eigenvalue weighted by molar-refractivity contribution is 5.88. The van der Waals surface area contributed by atoms with Crippen LogP contribution >= 0.6 is 0 Å². The summed E-state index contributed by atoms with van der Waals surface area (Å²) < 4.78 is 14.2. The van der Waals surface area contributed by atoms with Crippen molar-refractivity contribution >= 4 is 5.97 Å². The van der Waals surface area contributed by atoms with Gasteiger partial charge in [-0.15, -0.1) is 0 Å². The number of nitrogens with zero attached hydrogens (tertiary/aromatic N) is 1. The topological polar surface area (TPSA) is 40.5 Å². The number of carbonyl (C=O) groups is 1. The molecule has 2 aliphatic carbocycles. The van der Waals surface area contributed by atoms with Gasteiger partial charge in [0.15, 0.2) is 0 Å². The van der Waals surface area contributed by atoms with Crippen LogP contribution < -0.4 is 0 Å². The first kappa shape index (κ1) is 13.6. The summed E-state index contributed by atoms with van der Waals surface area (Å²) in [7, 11) is 0. The lowest BCUT2D eigenvalue weighted by molar-refractivity contribution is 0.0691. The monoisotopic (exact) mass is 277 g/mol. The number of carboxylic acids is 1. The smallest absolute Gasteiger partial charge is 0.338 e. The van der Waals surface area contributed by atoms with Crippen LogP contribution in [-0.4, -0.2) is 29.1 Å². The summed E-state index contributed by atoms with van der Waals surface area (Å²) >= 11 is 0. The molecule has 4 heteroatoms. The van der Waals surface area contributed by atoms with Crippen LogP contribution in [0.15, 0.2) is 18.2 Å². The summed E-state index contributed by atoms with van der Waals surface area (Å²) in [5.74, 6) is -0.240. The van der Waals surface area contributed by atoms with Gasteiger partial charge in [0.2, 0.25) is 0 Å². The number of benzene rings is 1. The van der Waals surface area contributed by atoms with Crippen molar-refractivity contribution in [3.63, 3.8) is 0 Å². The molecule has 0 saturated heterocycles. The Balaban J connectivity index is 1.72. The lowest BCUT2D eigenvalue weighted by Gasteiger charge is -2.22. The Kier molecular flexibility index (Phi) is 3.74. The van der Waals surface area contributed by atoms with E-state index in [-0.39, 0.29) is 5.56 Å². The van der Waals surface area contributed by atoms with Crippen molar-refractivity contribution in [3.8, 4) is 0 Å². The molecule has 0 heterocycles. The van der Waals surface area contributed by atoms with Crippen molar-refractivity contribution in [3.05, 3.63) is 35.1 Å². The van der Waals surface area contributed by atoms with Gasteiger partial charge in [-0.1, -0.05) is 12.1 Å². The maximum absolute atomic E-state index is 14.2. The number of hydrogen-bond donors (Lipinski definition) is 1. The molecule has 0 atom stereocenters. The van der Waals surface area contributed by atoms with Gasteiger partial charge in [0.05, 0.1) is 5.56 Å². The largest absolute Gasteiger partial charge is 0.478 e. The molecular weight excluding hydrogens is 257 g/mol. The van der Waals surface area contributed by atoms with E-state index in [9.17, 15) is 9.18 Å². The van der Waals surface area contributed by atoms with Crippen molar-refractivity contribution in [1.29, 1.82) is 0 Å². The third-order valence-corrected chi connectivity index (χ3v) is 4.13. The van der Waals surface area contributed by atoms with Gasteiger partial charge >= 0.3 is 5.97 Å². The van der Waals surface area contributed by atoms with E-state index in [2.05, 4.69) is 4.90 Å². The Morgan fingerprint density at radius 1 is 1.20 bits per heavy atom. The molecule has 0 bridgehead atoms. The molecular formula is C16H20FNO2. The second-order valence-electron chi connectivity index (χ2n) is 6.16. The van der Waals surface area contributed by atoms with Crippen LogP contribution in [0.2, 0.25) is 0 Å². The molecule has 0 amide bonds. The Morgan fingerprint density at radius 3 is 2.30 bits per heavy atom. The minimum Gasteiger partial charge on any atom is -0.478 e. The zero-order chi connectivity index (χ0) is 14.1. The molecule has 1 aromatic rings. The van der Waals surface area contributed by atoms with Gasteiger partial charge in [-0.25, -0.2) is 9.18 Å². The molecule has 0 unspecified atom stereocenters. The van der Waals surface area contributed by atoms with Gasteiger partial charge in [0.1, 0.15) is 5.82 Å². The highest BCUT2D eigenvalue weighted by Gasteiger charge is 2.29. The van der Waals surface area contributed by atoms with Gasteiger partial charge in [-0.05, 0) is 43.6 Å². The second kappa shape index (κ2) is 5.52. The zero-order valence-electron chi connectivity index (χ0n) is 11.5. The summed E-state index contributed by atoms with van der Waals surface area (Å²) in [6.45, 7) is 2.57. The summed E-state index contributed by atoms with van der Waals surface area (Å²) in [5.41, 5.74) is 0.284. The molecule has 1 N–H and O–H groups in total. The molecule has 0 aromatic heterocycles. The fourth-order valence-corrected chi connectivity index (χ4v) is 2.64. The summed E-state index contributed by atoms with van der Waals surface area (Å²) in [6.07, 6.45) is 5.11. The third kappa shape index (κ3) is 3.37. The fourth-order valence-electron chi connectivity index (χ4n) is 2.64. The SMILES string of the molecule is O=C(O)c1cccc(CN(CC2CC2)CC2CC2)c1F. The molecule has 2 saturated carbocycles. The fraction of sp³-hybridized carbons (Fsp3) is 0.562. The van der Waals surface area contributed by atoms with Gasteiger partial charge in [-0.2, -0.15) is 0 Å². The summed E-state index contributed by atoms with van der Waals surface area (Å²) in [5, 5.41) is 8.98. The molecule has 0 spiro atoms. The molecule has 2 aliphatic rings. The number of carboxylic acid groups (broad SMARTS) is 1. The molecule has 2 fully saturated rings. The molecule has 0 radical (unpaired) electrons. The van der Waals surface area contributed by atoms with E-state index < -0.39 is 11.8 Å². The van der Waals surface area contributed by atoms with E-state index in [1.54, 1.807) is 12.1 Å². The number of aromatic carboxylic acids is 1. The summed E-state index contributed by atoms with van der Waals surface area (Å²) in [4.78, 5) is 13.3. The number of rotatable bonds is 7. The minimum absolute atomic E-state index is 0.222. The maximum Gasteiger partial charge on any atom is 0.338 e. The first-order chi connectivity index (χ1) is 9.63. The Hall–Kier alpha value is -1.42. The predicted molar refractivity (Wildman–Crippen MR) is 74.1 cm³/mol. The van der Waals surface area contributed by atoms with Gasteiger partial charge < -0.3 is 5.11 Å². The average Bonchev–Trinajstić information content (AvgIpc) is 3.27. The number of halogens is 1. The summed E-state index contributed by atoms with van der Waals surface area (Å²) in [6, 6.07) is 4.66. The Bertz CT molecular complexity index is 495. The van der Waals surface area contributed by atoms with Gasteiger partial charge in [-0.3, -0.25) is 4.90 Å². The standard InChI is InChI=1S/C16H20FNO2/c17-15-13(2-1-3-14(15)16(19)20)10-18(8-11-4-5-11)9-12-6-7-12/h1-3,11-12H,4-10H2,(H,19,20). The zero-order valence-corrected chi connectivity index (χ0v) is 11.5. The minimum atomic E-state index is -1.19. The molecule has 3 rings (SSSR count). The van der Waals surface area contributed by atoms with Crippen molar-refractivity contribution < 1.29 is 14.3 Å². The number of hydrogen-bond acceptors (Lipinski definition) is 2. The molecule has 1 aromatic carbocycles.